The Morgan fingerprint density at radius 2 is 2.00 bits per heavy atom. The van der Waals surface area contributed by atoms with Gasteiger partial charge >= 0.3 is 0 Å². The zero-order chi connectivity index (χ0) is 14.1. The van der Waals surface area contributed by atoms with E-state index in [1.165, 1.54) is 19.3 Å². The van der Waals surface area contributed by atoms with E-state index < -0.39 is 0 Å². The molecule has 4 heteroatoms. The molecule has 0 aromatic heterocycles. The monoisotopic (exact) mass is 267 g/mol. The van der Waals surface area contributed by atoms with E-state index in [1.807, 2.05) is 0 Å². The van der Waals surface area contributed by atoms with Gasteiger partial charge in [-0.3, -0.25) is 4.79 Å². The summed E-state index contributed by atoms with van der Waals surface area (Å²) >= 11 is 0. The minimum atomic E-state index is -0.197. The molecule has 1 unspecified atom stereocenters. The Kier molecular flexibility index (Phi) is 4.21. The zero-order valence-corrected chi connectivity index (χ0v) is 12.9. The predicted octanol–water partition coefficient (Wildman–Crippen LogP) is 1.22. The van der Waals surface area contributed by atoms with Crippen LogP contribution in [0.25, 0.3) is 0 Å². The van der Waals surface area contributed by atoms with E-state index in [9.17, 15) is 4.79 Å². The second-order valence-corrected chi connectivity index (χ2v) is 6.89. The summed E-state index contributed by atoms with van der Waals surface area (Å²) in [7, 11) is 4.25. The van der Waals surface area contributed by atoms with Gasteiger partial charge in [-0.2, -0.15) is 0 Å². The van der Waals surface area contributed by atoms with Crippen LogP contribution in [0.2, 0.25) is 0 Å². The molecule has 1 heterocycles. The van der Waals surface area contributed by atoms with Gasteiger partial charge in [0.25, 0.3) is 0 Å². The normalized spacial score (nSPS) is 29.6. The first kappa shape index (κ1) is 14.8. The Labute approximate surface area is 117 Å². The molecular formula is C15H29N3O. The van der Waals surface area contributed by atoms with Crippen LogP contribution in [0.3, 0.4) is 0 Å². The molecule has 2 aliphatic rings. The average molecular weight is 267 g/mol. The highest BCUT2D eigenvalue weighted by molar-refractivity contribution is 5.83. The van der Waals surface area contributed by atoms with Crippen LogP contribution in [0.4, 0.5) is 0 Å². The molecule has 1 atom stereocenters. The van der Waals surface area contributed by atoms with Gasteiger partial charge in [0.15, 0.2) is 0 Å². The van der Waals surface area contributed by atoms with Gasteiger partial charge in [0, 0.05) is 18.6 Å². The van der Waals surface area contributed by atoms with Crippen LogP contribution in [-0.4, -0.2) is 50.1 Å². The molecule has 1 saturated carbocycles. The van der Waals surface area contributed by atoms with Gasteiger partial charge in [0.2, 0.25) is 5.91 Å². The van der Waals surface area contributed by atoms with Crippen molar-refractivity contribution in [3.63, 3.8) is 0 Å². The van der Waals surface area contributed by atoms with E-state index in [-0.39, 0.29) is 16.9 Å². The van der Waals surface area contributed by atoms with Crippen LogP contribution < -0.4 is 10.6 Å². The summed E-state index contributed by atoms with van der Waals surface area (Å²) in [5, 5.41) is 6.60. The Morgan fingerprint density at radius 1 is 1.32 bits per heavy atom. The molecule has 1 saturated heterocycles. The first-order valence-corrected chi connectivity index (χ1v) is 7.59. The summed E-state index contributed by atoms with van der Waals surface area (Å²) in [5.74, 6) is 0.639. The van der Waals surface area contributed by atoms with Crippen LogP contribution in [-0.2, 0) is 4.79 Å². The van der Waals surface area contributed by atoms with Gasteiger partial charge in [-0.05, 0) is 52.2 Å². The first-order chi connectivity index (χ1) is 8.93. The summed E-state index contributed by atoms with van der Waals surface area (Å²) < 4.78 is 0. The predicted molar refractivity (Wildman–Crippen MR) is 78.0 cm³/mol. The molecule has 0 aromatic carbocycles. The molecule has 0 aromatic rings. The third-order valence-electron chi connectivity index (χ3n) is 5.56. The summed E-state index contributed by atoms with van der Waals surface area (Å²) in [6.45, 7) is 6.92. The summed E-state index contributed by atoms with van der Waals surface area (Å²) in [6, 6.07) is 0. The second kappa shape index (κ2) is 5.41. The van der Waals surface area contributed by atoms with Crippen LogP contribution in [0.5, 0.6) is 0 Å². The smallest absolute Gasteiger partial charge is 0.227 e. The topological polar surface area (TPSA) is 44.4 Å². The van der Waals surface area contributed by atoms with E-state index in [0.29, 0.717) is 5.92 Å². The van der Waals surface area contributed by atoms with Crippen molar-refractivity contribution in [2.75, 3.05) is 33.7 Å². The Hall–Kier alpha value is -0.610. The number of rotatable bonds is 5. The Balaban J connectivity index is 1.97. The minimum Gasteiger partial charge on any atom is -0.354 e. The molecule has 4 nitrogen and oxygen atoms in total. The van der Waals surface area contributed by atoms with Crippen LogP contribution >= 0.6 is 0 Å². The number of nitrogens with one attached hydrogen (secondary N) is 2. The first-order valence-electron chi connectivity index (χ1n) is 7.59. The highest BCUT2D eigenvalue weighted by Crippen LogP contribution is 2.37. The molecule has 0 radical (unpaired) electrons. The van der Waals surface area contributed by atoms with Gasteiger partial charge < -0.3 is 15.5 Å². The minimum absolute atomic E-state index is 0.197. The Morgan fingerprint density at radius 3 is 2.37 bits per heavy atom. The van der Waals surface area contributed by atoms with Crippen molar-refractivity contribution >= 4 is 5.91 Å². The van der Waals surface area contributed by atoms with Crippen molar-refractivity contribution < 1.29 is 4.79 Å². The highest BCUT2D eigenvalue weighted by Gasteiger charge is 2.45. The lowest BCUT2D eigenvalue weighted by Gasteiger charge is -2.48. The number of amides is 1. The van der Waals surface area contributed by atoms with Crippen LogP contribution in [0.15, 0.2) is 0 Å². The van der Waals surface area contributed by atoms with Gasteiger partial charge in [0.1, 0.15) is 0 Å². The maximum absolute atomic E-state index is 12.6. The van der Waals surface area contributed by atoms with Crippen LogP contribution in [0.1, 0.15) is 39.5 Å². The molecule has 2 fully saturated rings. The molecule has 2 N–H and O–H groups in total. The fourth-order valence-electron chi connectivity index (χ4n) is 3.45. The molecule has 19 heavy (non-hydrogen) atoms. The van der Waals surface area contributed by atoms with Crippen molar-refractivity contribution in [2.24, 2.45) is 11.3 Å². The zero-order valence-electron chi connectivity index (χ0n) is 12.9. The standard InChI is InChI=1S/C15H29N3O/c1-12(2)15(8-9-16-11-15)13(19)17-10-14(18(3)4)6-5-7-14/h12,16H,5-11H2,1-4H3,(H,17,19). The quantitative estimate of drug-likeness (QED) is 0.787. The molecule has 1 aliphatic heterocycles. The van der Waals surface area contributed by atoms with Crippen molar-refractivity contribution in [3.8, 4) is 0 Å². The number of hydrogen-bond donors (Lipinski definition) is 2. The lowest BCUT2D eigenvalue weighted by atomic mass is 9.73. The fourth-order valence-corrected chi connectivity index (χ4v) is 3.45. The van der Waals surface area contributed by atoms with Crippen molar-refractivity contribution in [1.82, 2.24) is 15.5 Å². The number of carbonyl (C=O) groups is 1. The van der Waals surface area contributed by atoms with Gasteiger partial charge in [-0.25, -0.2) is 0 Å². The molecular weight excluding hydrogens is 238 g/mol. The van der Waals surface area contributed by atoms with Gasteiger partial charge in [-0.1, -0.05) is 13.8 Å². The van der Waals surface area contributed by atoms with E-state index in [1.54, 1.807) is 0 Å². The molecule has 110 valence electrons. The van der Waals surface area contributed by atoms with Crippen LogP contribution in [0, 0.1) is 11.3 Å². The largest absolute Gasteiger partial charge is 0.354 e. The summed E-state index contributed by atoms with van der Waals surface area (Å²) in [5.41, 5.74) is 0.0110. The van der Waals surface area contributed by atoms with Crippen molar-refractivity contribution in [2.45, 2.75) is 45.1 Å². The summed E-state index contributed by atoms with van der Waals surface area (Å²) in [6.07, 6.45) is 4.65. The van der Waals surface area contributed by atoms with E-state index >= 15 is 0 Å². The molecule has 1 amide bonds. The maximum Gasteiger partial charge on any atom is 0.227 e. The summed E-state index contributed by atoms with van der Waals surface area (Å²) in [4.78, 5) is 14.9. The van der Waals surface area contributed by atoms with Gasteiger partial charge in [-0.15, -0.1) is 0 Å². The fraction of sp³-hybridized carbons (Fsp3) is 0.933. The SMILES string of the molecule is CC(C)C1(C(=O)NCC2(N(C)C)CCC2)CCNC1. The molecule has 0 spiro atoms. The van der Waals surface area contributed by atoms with Gasteiger partial charge in [0.05, 0.1) is 5.41 Å². The molecule has 2 rings (SSSR count). The molecule has 1 aliphatic carbocycles. The third-order valence-corrected chi connectivity index (χ3v) is 5.56. The highest BCUT2D eigenvalue weighted by atomic mass is 16.2. The van der Waals surface area contributed by atoms with E-state index in [2.05, 4.69) is 43.5 Å². The maximum atomic E-state index is 12.6. The third kappa shape index (κ3) is 2.52. The lowest BCUT2D eigenvalue weighted by Crippen LogP contribution is -2.59. The second-order valence-electron chi connectivity index (χ2n) is 6.89. The average Bonchev–Trinajstić information content (AvgIpc) is 2.76. The van der Waals surface area contributed by atoms with E-state index in [0.717, 1.165) is 26.1 Å². The Bertz CT molecular complexity index is 328. The number of hydrogen-bond acceptors (Lipinski definition) is 3. The molecule has 0 bridgehead atoms. The van der Waals surface area contributed by atoms with Crippen molar-refractivity contribution in [3.05, 3.63) is 0 Å². The van der Waals surface area contributed by atoms with E-state index in [4.69, 9.17) is 0 Å². The number of nitrogens with zero attached hydrogens (tertiary/aromatic N) is 1. The lowest BCUT2D eigenvalue weighted by molar-refractivity contribution is -0.133. The number of likely N-dealkylation sites (N-methyl/N-ethyl adjacent to an activating group) is 1. The van der Waals surface area contributed by atoms with Crippen molar-refractivity contribution in [1.29, 1.82) is 0 Å². The number of carbonyl (C=O) groups excluding carboxylic acids is 1.